The molecule has 1 aromatic carbocycles. The van der Waals surface area contributed by atoms with E-state index >= 15 is 0 Å². The second-order valence-electron chi connectivity index (χ2n) is 2.48. The third kappa shape index (κ3) is 3.01. The summed E-state index contributed by atoms with van der Waals surface area (Å²) in [5.74, 6) is 0. The number of isothiocyanates is 1. The van der Waals surface area contributed by atoms with E-state index in [0.29, 0.717) is 0 Å². The molecule has 0 fully saturated rings. The van der Waals surface area contributed by atoms with Crippen LogP contribution < -0.4 is 0 Å². The molecule has 80 valence electrons. The third-order valence-electron chi connectivity index (χ3n) is 1.49. The van der Waals surface area contributed by atoms with Gasteiger partial charge in [0.25, 0.3) is 0 Å². The summed E-state index contributed by atoms with van der Waals surface area (Å²) in [4.78, 5) is 3.31. The molecule has 0 heterocycles. The lowest BCUT2D eigenvalue weighted by Gasteiger charge is -2.10. The molecule has 0 aliphatic carbocycles. The van der Waals surface area contributed by atoms with Crippen molar-refractivity contribution in [2.75, 3.05) is 0 Å². The van der Waals surface area contributed by atoms with Crippen LogP contribution in [0.2, 0.25) is 5.02 Å². The molecular weight excluding hydrogens is 315 g/mol. The number of benzene rings is 1. The minimum atomic E-state index is -4.53. The first-order valence-electron chi connectivity index (χ1n) is 3.50. The highest BCUT2D eigenvalue weighted by atomic mass is 79.9. The highest BCUT2D eigenvalue weighted by Gasteiger charge is 2.35. The van der Waals surface area contributed by atoms with Crippen LogP contribution in [0.15, 0.2) is 21.6 Å². The molecule has 0 atom stereocenters. The van der Waals surface area contributed by atoms with Gasteiger partial charge in [-0.2, -0.15) is 18.2 Å². The summed E-state index contributed by atoms with van der Waals surface area (Å²) in [6.07, 6.45) is -4.53. The van der Waals surface area contributed by atoms with Crippen molar-refractivity contribution in [1.82, 2.24) is 0 Å². The smallest absolute Gasteiger partial charge is 0.193 e. The molecule has 0 saturated carbocycles. The summed E-state index contributed by atoms with van der Waals surface area (Å²) in [6.45, 7) is 0. The second kappa shape index (κ2) is 4.61. The topological polar surface area (TPSA) is 12.4 Å². The van der Waals surface area contributed by atoms with E-state index in [4.69, 9.17) is 11.6 Å². The lowest BCUT2D eigenvalue weighted by molar-refractivity contribution is -0.137. The van der Waals surface area contributed by atoms with Gasteiger partial charge >= 0.3 is 6.18 Å². The fourth-order valence-electron chi connectivity index (χ4n) is 0.941. The Bertz CT molecular complexity index is 440. The van der Waals surface area contributed by atoms with Crippen LogP contribution in [0.25, 0.3) is 0 Å². The van der Waals surface area contributed by atoms with Crippen molar-refractivity contribution in [3.8, 4) is 0 Å². The predicted molar refractivity (Wildman–Crippen MR) is 58.8 cm³/mol. The molecule has 0 spiro atoms. The Hall–Kier alpha value is -0.420. The zero-order valence-corrected chi connectivity index (χ0v) is 10.1. The average molecular weight is 317 g/mol. The third-order valence-corrected chi connectivity index (χ3v) is 2.33. The molecule has 1 aromatic rings. The van der Waals surface area contributed by atoms with E-state index in [-0.39, 0.29) is 9.50 Å². The fourth-order valence-corrected chi connectivity index (χ4v) is 1.88. The van der Waals surface area contributed by atoms with Crippen molar-refractivity contribution >= 4 is 50.6 Å². The molecule has 0 unspecified atom stereocenters. The summed E-state index contributed by atoms with van der Waals surface area (Å²) >= 11 is 12.8. The zero-order valence-electron chi connectivity index (χ0n) is 6.90. The Morgan fingerprint density at radius 3 is 2.47 bits per heavy atom. The minimum Gasteiger partial charge on any atom is -0.193 e. The second-order valence-corrected chi connectivity index (χ2v) is 3.99. The molecular formula is C8H2BrClF3NS. The molecule has 0 aliphatic rings. The van der Waals surface area contributed by atoms with E-state index in [1.807, 2.05) is 5.16 Å². The standard InChI is InChI=1S/C8H2BrClF3NS/c9-4-1-5(8(11,12)13)7(14-3-15)6(10)2-4/h1-2H. The van der Waals surface area contributed by atoms with E-state index in [1.165, 1.54) is 6.07 Å². The van der Waals surface area contributed by atoms with E-state index in [1.54, 1.807) is 0 Å². The number of aliphatic imine (C=N–C) groups is 1. The van der Waals surface area contributed by atoms with Crippen molar-refractivity contribution in [3.63, 3.8) is 0 Å². The highest BCUT2D eigenvalue weighted by molar-refractivity contribution is 9.10. The Labute approximate surface area is 102 Å². The molecule has 15 heavy (non-hydrogen) atoms. The monoisotopic (exact) mass is 315 g/mol. The van der Waals surface area contributed by atoms with Crippen LogP contribution in [0, 0.1) is 0 Å². The SMILES string of the molecule is FC(F)(F)c1cc(Br)cc(Cl)c1N=C=S. The van der Waals surface area contributed by atoms with Crippen LogP contribution in [0.1, 0.15) is 5.56 Å². The number of hydrogen-bond acceptors (Lipinski definition) is 2. The summed E-state index contributed by atoms with van der Waals surface area (Å²) in [5.41, 5.74) is -1.36. The van der Waals surface area contributed by atoms with Crippen LogP contribution in [0.3, 0.4) is 0 Å². The van der Waals surface area contributed by atoms with Crippen molar-refractivity contribution in [3.05, 3.63) is 27.2 Å². The number of hydrogen-bond donors (Lipinski definition) is 0. The molecule has 7 heteroatoms. The summed E-state index contributed by atoms with van der Waals surface area (Å²) in [5, 5.41) is 1.73. The minimum absolute atomic E-state index is 0.131. The first-order valence-corrected chi connectivity index (χ1v) is 5.08. The number of alkyl halides is 3. The molecule has 1 nitrogen and oxygen atoms in total. The summed E-state index contributed by atoms with van der Waals surface area (Å²) < 4.78 is 37.8. The van der Waals surface area contributed by atoms with E-state index in [9.17, 15) is 13.2 Å². The van der Waals surface area contributed by atoms with Gasteiger partial charge in [0.05, 0.1) is 15.7 Å². The number of halogens is 5. The van der Waals surface area contributed by atoms with Gasteiger partial charge in [-0.25, -0.2) is 0 Å². The molecule has 0 amide bonds. The Morgan fingerprint density at radius 2 is 2.00 bits per heavy atom. The number of rotatable bonds is 1. The number of nitrogens with zero attached hydrogens (tertiary/aromatic N) is 1. The molecule has 1 rings (SSSR count). The van der Waals surface area contributed by atoms with Crippen LogP contribution in [0.5, 0.6) is 0 Å². The van der Waals surface area contributed by atoms with Crippen molar-refractivity contribution in [2.24, 2.45) is 4.99 Å². The molecule has 0 aromatic heterocycles. The predicted octanol–water partition coefficient (Wildman–Crippen LogP) is 4.86. The van der Waals surface area contributed by atoms with Gasteiger partial charge in [-0.1, -0.05) is 27.5 Å². The van der Waals surface area contributed by atoms with Crippen molar-refractivity contribution in [1.29, 1.82) is 0 Å². The first-order chi connectivity index (χ1) is 6.86. The Morgan fingerprint density at radius 1 is 1.40 bits per heavy atom. The average Bonchev–Trinajstić information content (AvgIpc) is 2.07. The normalized spacial score (nSPS) is 11.0. The summed E-state index contributed by atoms with van der Waals surface area (Å²) in [7, 11) is 0. The maximum atomic E-state index is 12.5. The van der Waals surface area contributed by atoms with Crippen LogP contribution in [0.4, 0.5) is 18.9 Å². The van der Waals surface area contributed by atoms with Gasteiger partial charge in [0.15, 0.2) is 0 Å². The van der Waals surface area contributed by atoms with Crippen LogP contribution >= 0.6 is 39.7 Å². The van der Waals surface area contributed by atoms with Gasteiger partial charge in [0.2, 0.25) is 0 Å². The van der Waals surface area contributed by atoms with Crippen LogP contribution in [-0.4, -0.2) is 5.16 Å². The van der Waals surface area contributed by atoms with Gasteiger partial charge in [-0.15, -0.1) is 0 Å². The van der Waals surface area contributed by atoms with Crippen molar-refractivity contribution < 1.29 is 13.2 Å². The summed E-state index contributed by atoms with van der Waals surface area (Å²) in [6, 6.07) is 2.19. The first kappa shape index (κ1) is 12.6. The van der Waals surface area contributed by atoms with Gasteiger partial charge in [-0.3, -0.25) is 0 Å². The maximum Gasteiger partial charge on any atom is 0.418 e. The quantitative estimate of drug-likeness (QED) is 0.532. The molecule has 0 radical (unpaired) electrons. The zero-order chi connectivity index (χ0) is 11.6. The molecule has 0 N–H and O–H groups in total. The lowest BCUT2D eigenvalue weighted by atomic mass is 10.2. The molecule has 0 aliphatic heterocycles. The number of thiocarbonyl (C=S) groups is 1. The Balaban J connectivity index is 3.54. The van der Waals surface area contributed by atoms with Gasteiger partial charge in [0, 0.05) is 4.47 Å². The Kier molecular flexibility index (Phi) is 3.89. The van der Waals surface area contributed by atoms with Crippen LogP contribution in [-0.2, 0) is 6.18 Å². The van der Waals surface area contributed by atoms with E-state index in [2.05, 4.69) is 33.1 Å². The van der Waals surface area contributed by atoms with Gasteiger partial charge < -0.3 is 0 Å². The van der Waals surface area contributed by atoms with Gasteiger partial charge in [0.1, 0.15) is 5.69 Å². The highest BCUT2D eigenvalue weighted by Crippen LogP contribution is 2.41. The fraction of sp³-hybridized carbons (Fsp3) is 0.125. The van der Waals surface area contributed by atoms with Crippen molar-refractivity contribution in [2.45, 2.75) is 6.18 Å². The lowest BCUT2D eigenvalue weighted by Crippen LogP contribution is -2.05. The largest absolute Gasteiger partial charge is 0.418 e. The molecule has 0 bridgehead atoms. The van der Waals surface area contributed by atoms with Gasteiger partial charge in [-0.05, 0) is 24.4 Å². The maximum absolute atomic E-state index is 12.5. The molecule has 0 saturated heterocycles. The van der Waals surface area contributed by atoms with E-state index in [0.717, 1.165) is 6.07 Å². The van der Waals surface area contributed by atoms with E-state index < -0.39 is 17.4 Å².